The van der Waals surface area contributed by atoms with Crippen LogP contribution in [0.4, 0.5) is 0 Å². The van der Waals surface area contributed by atoms with E-state index in [1.54, 1.807) is 35.2 Å². The van der Waals surface area contributed by atoms with E-state index in [4.69, 9.17) is 9.57 Å². The molecule has 28 heavy (non-hydrogen) atoms. The summed E-state index contributed by atoms with van der Waals surface area (Å²) < 4.78 is 12.3. The third kappa shape index (κ3) is 4.56. The summed E-state index contributed by atoms with van der Waals surface area (Å²) in [6.45, 7) is 2.15. The molecule has 7 heteroatoms. The second-order valence-corrected chi connectivity index (χ2v) is 6.04. The summed E-state index contributed by atoms with van der Waals surface area (Å²) >= 11 is 0. The van der Waals surface area contributed by atoms with Crippen LogP contribution in [-0.2, 0) is 23.2 Å². The summed E-state index contributed by atoms with van der Waals surface area (Å²) in [5.41, 5.74) is 2.90. The molecule has 0 bridgehead atoms. The Kier molecular flexibility index (Phi) is 6.06. The maximum atomic E-state index is 11.4. The van der Waals surface area contributed by atoms with Crippen molar-refractivity contribution >= 4 is 12.2 Å². The zero-order valence-corrected chi connectivity index (χ0v) is 16.0. The number of rotatable bonds is 7. The Morgan fingerprint density at radius 3 is 2.54 bits per heavy atom. The highest BCUT2D eigenvalue weighted by Gasteiger charge is 2.14. The van der Waals surface area contributed by atoms with E-state index in [-0.39, 0.29) is 12.6 Å². The smallest absolute Gasteiger partial charge is 0.337 e. The highest BCUT2D eigenvalue weighted by Crippen LogP contribution is 2.25. The molecule has 0 saturated carbocycles. The molecular formula is C21H21N3O4. The number of carbonyl (C=O) groups is 1. The second kappa shape index (κ2) is 8.85. The first kappa shape index (κ1) is 19.2. The molecule has 0 aliphatic heterocycles. The van der Waals surface area contributed by atoms with Crippen molar-refractivity contribution in [1.29, 1.82) is 0 Å². The van der Waals surface area contributed by atoms with Crippen LogP contribution < -0.4 is 4.74 Å². The molecule has 0 unspecified atom stereocenters. The molecule has 1 aromatic heterocycles. The number of oxime groups is 1. The SMILES string of the molecule is COC(=O)c1ccc(CON=Cc2c(C)nn(C)c2Oc2ccccc2)cc1. The van der Waals surface area contributed by atoms with Crippen LogP contribution in [0.1, 0.15) is 27.2 Å². The third-order valence-electron chi connectivity index (χ3n) is 4.03. The van der Waals surface area contributed by atoms with Crippen molar-refractivity contribution in [2.75, 3.05) is 7.11 Å². The Bertz CT molecular complexity index is 963. The van der Waals surface area contributed by atoms with E-state index in [2.05, 4.69) is 15.0 Å². The second-order valence-electron chi connectivity index (χ2n) is 6.04. The van der Waals surface area contributed by atoms with E-state index in [0.717, 1.165) is 16.8 Å². The molecule has 7 nitrogen and oxygen atoms in total. The van der Waals surface area contributed by atoms with Crippen molar-refractivity contribution in [3.05, 3.63) is 77.0 Å². The molecule has 0 amide bonds. The van der Waals surface area contributed by atoms with Crippen molar-refractivity contribution in [2.24, 2.45) is 12.2 Å². The lowest BCUT2D eigenvalue weighted by molar-refractivity contribution is 0.0600. The van der Waals surface area contributed by atoms with Gasteiger partial charge in [0.2, 0.25) is 5.88 Å². The summed E-state index contributed by atoms with van der Waals surface area (Å²) in [5.74, 6) is 0.925. The van der Waals surface area contributed by atoms with Gasteiger partial charge in [0.1, 0.15) is 12.4 Å². The van der Waals surface area contributed by atoms with Crippen LogP contribution >= 0.6 is 0 Å². The average molecular weight is 379 g/mol. The number of para-hydroxylation sites is 1. The van der Waals surface area contributed by atoms with E-state index >= 15 is 0 Å². The molecule has 0 N–H and O–H groups in total. The van der Waals surface area contributed by atoms with Crippen LogP contribution in [0.25, 0.3) is 0 Å². The molecule has 1 heterocycles. The normalized spacial score (nSPS) is 10.8. The van der Waals surface area contributed by atoms with Gasteiger partial charge in [-0.15, -0.1) is 0 Å². The van der Waals surface area contributed by atoms with Gasteiger partial charge in [-0.05, 0) is 36.8 Å². The molecule has 0 saturated heterocycles. The number of aromatic nitrogens is 2. The average Bonchev–Trinajstić information content (AvgIpc) is 2.98. The highest BCUT2D eigenvalue weighted by atomic mass is 16.6. The summed E-state index contributed by atoms with van der Waals surface area (Å²) in [6.07, 6.45) is 1.59. The van der Waals surface area contributed by atoms with Gasteiger partial charge < -0.3 is 14.3 Å². The number of hydrogen-bond acceptors (Lipinski definition) is 6. The molecule has 3 aromatic rings. The van der Waals surface area contributed by atoms with Crippen LogP contribution in [0.15, 0.2) is 59.8 Å². The maximum Gasteiger partial charge on any atom is 0.337 e. The molecule has 0 aliphatic carbocycles. The quantitative estimate of drug-likeness (QED) is 0.354. The van der Waals surface area contributed by atoms with Crippen molar-refractivity contribution in [2.45, 2.75) is 13.5 Å². The van der Waals surface area contributed by atoms with E-state index in [9.17, 15) is 4.79 Å². The Labute approximate surface area is 163 Å². The predicted molar refractivity (Wildman–Crippen MR) is 105 cm³/mol. The summed E-state index contributed by atoms with van der Waals surface area (Å²) in [4.78, 5) is 16.8. The van der Waals surface area contributed by atoms with E-state index in [0.29, 0.717) is 17.2 Å². The number of nitrogens with zero attached hydrogens (tertiary/aromatic N) is 3. The van der Waals surface area contributed by atoms with Crippen LogP contribution in [-0.4, -0.2) is 29.1 Å². The lowest BCUT2D eigenvalue weighted by Crippen LogP contribution is -2.01. The van der Waals surface area contributed by atoms with Gasteiger partial charge in [0.15, 0.2) is 0 Å². The zero-order valence-electron chi connectivity index (χ0n) is 16.0. The van der Waals surface area contributed by atoms with Gasteiger partial charge in [-0.1, -0.05) is 35.5 Å². The van der Waals surface area contributed by atoms with Crippen LogP contribution in [0, 0.1) is 6.92 Å². The maximum absolute atomic E-state index is 11.4. The summed E-state index contributed by atoms with van der Waals surface area (Å²) in [5, 5.41) is 8.42. The monoisotopic (exact) mass is 379 g/mol. The van der Waals surface area contributed by atoms with Gasteiger partial charge in [-0.3, -0.25) is 0 Å². The van der Waals surface area contributed by atoms with E-state index in [1.807, 2.05) is 44.3 Å². The third-order valence-corrected chi connectivity index (χ3v) is 4.03. The van der Waals surface area contributed by atoms with Crippen LogP contribution in [0.5, 0.6) is 11.6 Å². The minimum absolute atomic E-state index is 0.270. The van der Waals surface area contributed by atoms with Gasteiger partial charge in [0.05, 0.1) is 30.1 Å². The number of aryl methyl sites for hydroxylation is 2. The fraction of sp³-hybridized carbons (Fsp3) is 0.190. The highest BCUT2D eigenvalue weighted by molar-refractivity contribution is 5.89. The number of hydrogen-bond donors (Lipinski definition) is 0. The predicted octanol–water partition coefficient (Wildman–Crippen LogP) is 3.86. The number of esters is 1. The van der Waals surface area contributed by atoms with E-state index < -0.39 is 0 Å². The van der Waals surface area contributed by atoms with Gasteiger partial charge in [-0.2, -0.15) is 5.10 Å². The molecule has 3 rings (SSSR count). The molecule has 0 atom stereocenters. The first-order valence-corrected chi connectivity index (χ1v) is 8.67. The largest absolute Gasteiger partial charge is 0.465 e. The van der Waals surface area contributed by atoms with Gasteiger partial charge in [-0.25, -0.2) is 9.48 Å². The lowest BCUT2D eigenvalue weighted by atomic mass is 10.1. The fourth-order valence-electron chi connectivity index (χ4n) is 2.58. The summed E-state index contributed by atoms with van der Waals surface area (Å²) in [7, 11) is 3.16. The fourth-order valence-corrected chi connectivity index (χ4v) is 2.58. The van der Waals surface area contributed by atoms with Crippen molar-refractivity contribution < 1.29 is 19.1 Å². The van der Waals surface area contributed by atoms with Crippen LogP contribution in [0.2, 0.25) is 0 Å². The number of methoxy groups -OCH3 is 1. The van der Waals surface area contributed by atoms with Crippen molar-refractivity contribution in [3.8, 4) is 11.6 Å². The Morgan fingerprint density at radius 1 is 1.14 bits per heavy atom. The number of ether oxygens (including phenoxy) is 2. The molecule has 0 radical (unpaired) electrons. The molecule has 2 aromatic carbocycles. The lowest BCUT2D eigenvalue weighted by Gasteiger charge is -2.06. The molecule has 0 fully saturated rings. The van der Waals surface area contributed by atoms with Gasteiger partial charge in [0.25, 0.3) is 0 Å². The van der Waals surface area contributed by atoms with Crippen molar-refractivity contribution in [3.63, 3.8) is 0 Å². The zero-order chi connectivity index (χ0) is 19.9. The number of benzene rings is 2. The Morgan fingerprint density at radius 2 is 1.86 bits per heavy atom. The first-order chi connectivity index (χ1) is 13.6. The molecule has 0 aliphatic rings. The molecule has 144 valence electrons. The van der Waals surface area contributed by atoms with Crippen LogP contribution in [0.3, 0.4) is 0 Å². The van der Waals surface area contributed by atoms with Gasteiger partial charge >= 0.3 is 5.97 Å². The molecule has 0 spiro atoms. The topological polar surface area (TPSA) is 74.9 Å². The number of carbonyl (C=O) groups excluding carboxylic acids is 1. The van der Waals surface area contributed by atoms with Gasteiger partial charge in [0, 0.05) is 7.05 Å². The first-order valence-electron chi connectivity index (χ1n) is 8.67. The van der Waals surface area contributed by atoms with Crippen molar-refractivity contribution in [1.82, 2.24) is 9.78 Å². The Hall–Kier alpha value is -3.61. The Balaban J connectivity index is 1.65. The van der Waals surface area contributed by atoms with E-state index in [1.165, 1.54) is 7.11 Å². The minimum atomic E-state index is -0.372. The molecular weight excluding hydrogens is 358 g/mol. The summed E-state index contributed by atoms with van der Waals surface area (Å²) in [6, 6.07) is 16.4. The standard InChI is InChI=1S/C21H21N3O4/c1-15-19(20(24(2)23-15)28-18-7-5-4-6-8-18)13-22-27-14-16-9-11-17(12-10-16)21(25)26-3/h4-13H,14H2,1-3H3. The minimum Gasteiger partial charge on any atom is -0.465 e.